The Hall–Kier alpha value is -2.80. The molecular formula is C16H10N2O4. The molecule has 1 saturated heterocycles. The average molecular weight is 294 g/mol. The lowest BCUT2D eigenvalue weighted by molar-refractivity contribution is -0.190. The zero-order valence-electron chi connectivity index (χ0n) is 11.4. The van der Waals surface area contributed by atoms with Gasteiger partial charge in [0.05, 0.1) is 23.6 Å². The number of nitrogens with zero attached hydrogens (tertiary/aromatic N) is 2. The molecule has 0 spiro atoms. The smallest absolute Gasteiger partial charge is 0.254 e. The molecule has 1 aromatic rings. The number of rotatable bonds is 0. The van der Waals surface area contributed by atoms with Gasteiger partial charge in [-0.25, -0.2) is 0 Å². The topological polar surface area (TPSA) is 84.5 Å². The van der Waals surface area contributed by atoms with Crippen LogP contribution in [0.4, 0.5) is 0 Å². The van der Waals surface area contributed by atoms with Crippen LogP contribution in [0.2, 0.25) is 0 Å². The summed E-state index contributed by atoms with van der Waals surface area (Å²) in [5, 5.41) is 18.9. The molecule has 1 aromatic carbocycles. The maximum atomic E-state index is 9.48. The van der Waals surface area contributed by atoms with E-state index in [0.717, 1.165) is 0 Å². The fourth-order valence-electron chi connectivity index (χ4n) is 2.93. The van der Waals surface area contributed by atoms with Crippen LogP contribution in [0.5, 0.6) is 5.75 Å². The van der Waals surface area contributed by atoms with Gasteiger partial charge in [-0.3, -0.25) is 0 Å². The highest BCUT2D eigenvalue weighted by atomic mass is 16.8. The Morgan fingerprint density at radius 3 is 2.73 bits per heavy atom. The van der Waals surface area contributed by atoms with Gasteiger partial charge in [0, 0.05) is 11.1 Å². The summed E-state index contributed by atoms with van der Waals surface area (Å²) >= 11 is 0. The largest absolute Gasteiger partial charge is 0.467 e. The van der Waals surface area contributed by atoms with E-state index >= 15 is 0 Å². The van der Waals surface area contributed by atoms with Crippen molar-refractivity contribution in [2.24, 2.45) is 5.92 Å². The molecule has 4 rings (SSSR count). The van der Waals surface area contributed by atoms with E-state index in [0.29, 0.717) is 28.2 Å². The molecule has 6 heteroatoms. The first-order valence-corrected chi connectivity index (χ1v) is 6.70. The summed E-state index contributed by atoms with van der Waals surface area (Å²) in [6.45, 7) is -0.0328. The molecule has 0 aromatic heterocycles. The molecule has 2 atom stereocenters. The van der Waals surface area contributed by atoms with E-state index < -0.39 is 11.7 Å². The maximum Gasteiger partial charge on any atom is 0.254 e. The van der Waals surface area contributed by atoms with Gasteiger partial charge in [0.15, 0.2) is 19.3 Å². The van der Waals surface area contributed by atoms with Crippen LogP contribution in [0.1, 0.15) is 11.1 Å². The van der Waals surface area contributed by atoms with Gasteiger partial charge in [0.1, 0.15) is 5.75 Å². The van der Waals surface area contributed by atoms with Crippen LogP contribution in [0.3, 0.4) is 0 Å². The van der Waals surface area contributed by atoms with E-state index in [1.807, 2.05) is 0 Å². The van der Waals surface area contributed by atoms with Crippen LogP contribution < -0.4 is 4.74 Å². The average Bonchev–Trinajstić information content (AvgIpc) is 2.96. The highest BCUT2D eigenvalue weighted by Gasteiger charge is 2.49. The Kier molecular flexibility index (Phi) is 2.70. The maximum absolute atomic E-state index is 9.48. The van der Waals surface area contributed by atoms with E-state index in [-0.39, 0.29) is 13.6 Å². The number of allylic oxidation sites excluding steroid dienone is 2. The van der Waals surface area contributed by atoms with Gasteiger partial charge in [0.2, 0.25) is 0 Å². The fourth-order valence-corrected chi connectivity index (χ4v) is 2.93. The summed E-state index contributed by atoms with van der Waals surface area (Å²) in [6, 6.07) is 9.50. The molecular weight excluding hydrogens is 284 g/mol. The van der Waals surface area contributed by atoms with E-state index in [4.69, 9.17) is 18.9 Å². The molecule has 108 valence electrons. The lowest BCUT2D eigenvalue weighted by Gasteiger charge is -2.33. The Morgan fingerprint density at radius 2 is 1.95 bits per heavy atom. The second-order valence-corrected chi connectivity index (χ2v) is 4.98. The number of hydrogen-bond donors (Lipinski definition) is 0. The van der Waals surface area contributed by atoms with Gasteiger partial charge in [0.25, 0.3) is 5.79 Å². The molecule has 2 heterocycles. The zero-order chi connectivity index (χ0) is 15.2. The predicted molar refractivity (Wildman–Crippen MR) is 72.7 cm³/mol. The Labute approximate surface area is 126 Å². The third kappa shape index (κ3) is 1.59. The van der Waals surface area contributed by atoms with Crippen molar-refractivity contribution in [1.82, 2.24) is 0 Å². The summed E-state index contributed by atoms with van der Waals surface area (Å²) in [6.07, 6.45) is 3.37. The third-order valence-electron chi connectivity index (χ3n) is 3.90. The van der Waals surface area contributed by atoms with Gasteiger partial charge in [-0.1, -0.05) is 12.1 Å². The first-order valence-electron chi connectivity index (χ1n) is 6.70. The summed E-state index contributed by atoms with van der Waals surface area (Å²) in [7, 11) is 0. The molecule has 2 unspecified atom stereocenters. The molecule has 2 bridgehead atoms. The Balaban J connectivity index is 2.07. The van der Waals surface area contributed by atoms with Crippen molar-refractivity contribution in [3.8, 4) is 17.9 Å². The van der Waals surface area contributed by atoms with Crippen LogP contribution in [-0.2, 0) is 14.2 Å². The monoisotopic (exact) mass is 294 g/mol. The van der Waals surface area contributed by atoms with Gasteiger partial charge < -0.3 is 18.9 Å². The van der Waals surface area contributed by atoms with Crippen molar-refractivity contribution in [2.75, 3.05) is 13.6 Å². The highest BCUT2D eigenvalue weighted by Crippen LogP contribution is 2.48. The lowest BCUT2D eigenvalue weighted by Crippen LogP contribution is -2.37. The van der Waals surface area contributed by atoms with Gasteiger partial charge >= 0.3 is 0 Å². The van der Waals surface area contributed by atoms with Crippen molar-refractivity contribution in [3.63, 3.8) is 0 Å². The number of ether oxygens (including phenoxy) is 4. The summed E-state index contributed by atoms with van der Waals surface area (Å²) in [4.78, 5) is 0. The molecule has 0 amide bonds. The van der Waals surface area contributed by atoms with Crippen LogP contribution >= 0.6 is 0 Å². The number of nitriles is 2. The highest BCUT2D eigenvalue weighted by molar-refractivity contribution is 5.82. The van der Waals surface area contributed by atoms with Crippen LogP contribution in [0, 0.1) is 28.6 Å². The quantitative estimate of drug-likeness (QED) is 0.681. The molecule has 6 nitrogen and oxygen atoms in total. The van der Waals surface area contributed by atoms with Crippen LogP contribution in [0.25, 0.3) is 5.57 Å². The number of benzene rings is 1. The molecule has 1 aliphatic carbocycles. The molecule has 0 saturated carbocycles. The molecule has 22 heavy (non-hydrogen) atoms. The van der Waals surface area contributed by atoms with E-state index in [9.17, 15) is 10.5 Å². The molecule has 1 fully saturated rings. The number of fused-ring (bicyclic) bond motifs is 2. The normalized spacial score (nSPS) is 28.2. The summed E-state index contributed by atoms with van der Waals surface area (Å²) < 4.78 is 22.5. The Morgan fingerprint density at radius 1 is 1.14 bits per heavy atom. The van der Waals surface area contributed by atoms with E-state index in [1.54, 1.807) is 30.4 Å². The van der Waals surface area contributed by atoms with Gasteiger partial charge in [-0.2, -0.15) is 10.5 Å². The number of hydrogen-bond acceptors (Lipinski definition) is 6. The molecule has 0 N–H and O–H groups in total. The zero-order valence-corrected chi connectivity index (χ0v) is 11.4. The van der Waals surface area contributed by atoms with Crippen LogP contribution in [-0.4, -0.2) is 19.4 Å². The minimum atomic E-state index is -1.18. The molecule has 2 aliphatic heterocycles. The third-order valence-corrected chi connectivity index (χ3v) is 3.90. The summed E-state index contributed by atoms with van der Waals surface area (Å²) in [5.74, 6) is -0.832. The van der Waals surface area contributed by atoms with Crippen molar-refractivity contribution in [3.05, 3.63) is 47.2 Å². The Bertz CT molecular complexity index is 799. The minimum absolute atomic E-state index is 0.0192. The van der Waals surface area contributed by atoms with E-state index in [1.165, 1.54) is 0 Å². The minimum Gasteiger partial charge on any atom is -0.467 e. The van der Waals surface area contributed by atoms with Crippen molar-refractivity contribution in [2.45, 2.75) is 5.79 Å². The second kappa shape index (κ2) is 4.60. The fraction of sp³-hybridized carbons (Fsp3) is 0.250. The van der Waals surface area contributed by atoms with Crippen molar-refractivity contribution in [1.29, 1.82) is 10.5 Å². The van der Waals surface area contributed by atoms with Gasteiger partial charge in [-0.05, 0) is 18.2 Å². The summed E-state index contributed by atoms with van der Waals surface area (Å²) in [5.41, 5.74) is 1.55. The first-order chi connectivity index (χ1) is 10.8. The van der Waals surface area contributed by atoms with Crippen molar-refractivity contribution >= 4 is 5.57 Å². The van der Waals surface area contributed by atoms with E-state index in [2.05, 4.69) is 12.1 Å². The lowest BCUT2D eigenvalue weighted by atomic mass is 9.83. The second-order valence-electron chi connectivity index (χ2n) is 4.98. The van der Waals surface area contributed by atoms with Crippen molar-refractivity contribution < 1.29 is 18.9 Å². The van der Waals surface area contributed by atoms with Gasteiger partial charge in [-0.15, -0.1) is 0 Å². The molecule has 3 aliphatic rings. The van der Waals surface area contributed by atoms with Crippen LogP contribution in [0.15, 0.2) is 36.1 Å². The first kappa shape index (κ1) is 12.9. The standard InChI is InChI=1S/C16H10N2O4/c17-6-10-2-1-3-12-13(10)14-11(7-18)4-5-16(21-8-19-12)15(14)20-9-22-16/h1-5,11H,8-9H2. The molecule has 0 radical (unpaired) electrons. The predicted octanol–water partition coefficient (Wildman–Crippen LogP) is 2.05. The SMILES string of the molecule is N#Cc1cccc2c1C1=C3OCOC3(C=CC1C#N)OCO2.